The van der Waals surface area contributed by atoms with Crippen molar-refractivity contribution in [3.63, 3.8) is 0 Å². The Bertz CT molecular complexity index is 557. The standard InChI is InChI=1S/C27H55NO.C9H19N/c1-6-7-8-9-10-11-12-13-14-15-16-17-18-19-20-21-22-29-25-23-26(2,3)28-27(4,5)24-25;1-8-6-5-7-10(4)9(8,2)3/h25,28H,6-24H2,1-5H3;8H,5-7H2,1-4H3. The normalized spacial score (nSPS) is 22.8. The molecule has 0 aromatic heterocycles. The fraction of sp³-hybridized carbons (Fsp3) is 1.00. The fourth-order valence-electron chi connectivity index (χ4n) is 6.90. The average molecular weight is 551 g/mol. The van der Waals surface area contributed by atoms with Crippen LogP contribution in [0, 0.1) is 5.92 Å². The van der Waals surface area contributed by atoms with Gasteiger partial charge in [-0.1, -0.05) is 110 Å². The maximum absolute atomic E-state index is 6.23. The van der Waals surface area contributed by atoms with Gasteiger partial charge in [0.1, 0.15) is 0 Å². The Labute approximate surface area is 247 Å². The molecule has 1 N–H and O–H groups in total. The van der Waals surface area contributed by atoms with Crippen molar-refractivity contribution in [1.29, 1.82) is 0 Å². The van der Waals surface area contributed by atoms with Gasteiger partial charge in [0, 0.05) is 23.2 Å². The van der Waals surface area contributed by atoms with E-state index in [9.17, 15) is 0 Å². The first-order valence-corrected chi connectivity index (χ1v) is 17.5. The van der Waals surface area contributed by atoms with Gasteiger partial charge in [-0.05, 0) is 93.2 Å². The summed E-state index contributed by atoms with van der Waals surface area (Å²) in [6, 6.07) is 0. The molecular weight excluding hydrogens is 476 g/mol. The molecule has 2 saturated heterocycles. The van der Waals surface area contributed by atoms with Gasteiger partial charge in [-0.15, -0.1) is 0 Å². The topological polar surface area (TPSA) is 24.5 Å². The number of ether oxygens (including phenoxy) is 1. The van der Waals surface area contributed by atoms with Crippen LogP contribution in [0.15, 0.2) is 0 Å². The molecule has 2 aliphatic heterocycles. The van der Waals surface area contributed by atoms with Crippen molar-refractivity contribution in [1.82, 2.24) is 10.2 Å². The van der Waals surface area contributed by atoms with Gasteiger partial charge in [-0.25, -0.2) is 0 Å². The van der Waals surface area contributed by atoms with Crippen LogP contribution in [0.25, 0.3) is 0 Å². The first-order chi connectivity index (χ1) is 18.4. The minimum atomic E-state index is 0.195. The highest BCUT2D eigenvalue weighted by atomic mass is 16.5. The Morgan fingerprint density at radius 3 is 1.46 bits per heavy atom. The van der Waals surface area contributed by atoms with Crippen molar-refractivity contribution in [2.24, 2.45) is 5.92 Å². The van der Waals surface area contributed by atoms with E-state index in [4.69, 9.17) is 4.74 Å². The maximum atomic E-state index is 6.23. The van der Waals surface area contributed by atoms with Crippen LogP contribution in [-0.4, -0.2) is 47.8 Å². The molecule has 1 unspecified atom stereocenters. The molecule has 2 aliphatic rings. The molecule has 0 aromatic rings. The lowest BCUT2D eigenvalue weighted by Crippen LogP contribution is -2.59. The molecule has 39 heavy (non-hydrogen) atoms. The van der Waals surface area contributed by atoms with Crippen molar-refractivity contribution in [3.05, 3.63) is 0 Å². The van der Waals surface area contributed by atoms with Gasteiger partial charge in [0.25, 0.3) is 0 Å². The van der Waals surface area contributed by atoms with E-state index in [1.165, 1.54) is 122 Å². The smallest absolute Gasteiger partial charge is 0.0609 e. The molecule has 0 saturated carbocycles. The Morgan fingerprint density at radius 1 is 0.667 bits per heavy atom. The van der Waals surface area contributed by atoms with Crippen LogP contribution in [0.1, 0.15) is 184 Å². The van der Waals surface area contributed by atoms with Crippen molar-refractivity contribution in [3.8, 4) is 0 Å². The zero-order valence-corrected chi connectivity index (χ0v) is 28.6. The van der Waals surface area contributed by atoms with Crippen LogP contribution in [0.5, 0.6) is 0 Å². The summed E-state index contributed by atoms with van der Waals surface area (Å²) in [5, 5.41) is 3.74. The number of hydrogen-bond acceptors (Lipinski definition) is 3. The monoisotopic (exact) mass is 551 g/mol. The van der Waals surface area contributed by atoms with Crippen LogP contribution in [0.4, 0.5) is 0 Å². The lowest BCUT2D eigenvalue weighted by molar-refractivity contribution is -0.0228. The zero-order chi connectivity index (χ0) is 29.2. The highest BCUT2D eigenvalue weighted by molar-refractivity contribution is 4.97. The Morgan fingerprint density at radius 2 is 1.08 bits per heavy atom. The molecule has 3 heteroatoms. The van der Waals surface area contributed by atoms with E-state index >= 15 is 0 Å². The SMILES string of the molecule is CC1CCCN(C)C1(C)C.CCCCCCCCCCCCCCCCCCOC1CC(C)(C)NC(C)(C)C1. The lowest BCUT2D eigenvalue weighted by Gasteiger charge is -2.46. The van der Waals surface area contributed by atoms with Gasteiger partial charge < -0.3 is 15.0 Å². The molecule has 0 aliphatic carbocycles. The number of piperidine rings is 2. The molecular formula is C36H74N2O. The van der Waals surface area contributed by atoms with E-state index in [-0.39, 0.29) is 11.1 Å². The van der Waals surface area contributed by atoms with Gasteiger partial charge in [-0.3, -0.25) is 0 Å². The highest BCUT2D eigenvalue weighted by Crippen LogP contribution is 2.31. The van der Waals surface area contributed by atoms with E-state index < -0.39 is 0 Å². The average Bonchev–Trinajstić information content (AvgIpc) is 2.83. The third-order valence-electron chi connectivity index (χ3n) is 9.82. The first kappa shape index (κ1) is 36.9. The second-order valence-corrected chi connectivity index (χ2v) is 15.2. The maximum Gasteiger partial charge on any atom is 0.0609 e. The molecule has 2 heterocycles. The van der Waals surface area contributed by atoms with Gasteiger partial charge in [-0.2, -0.15) is 0 Å². The van der Waals surface area contributed by atoms with E-state index in [2.05, 4.69) is 72.7 Å². The molecule has 0 bridgehead atoms. The molecule has 2 fully saturated rings. The fourth-order valence-corrected chi connectivity index (χ4v) is 6.90. The lowest BCUT2D eigenvalue weighted by atomic mass is 9.81. The third-order valence-corrected chi connectivity index (χ3v) is 9.82. The molecule has 1 atom stereocenters. The van der Waals surface area contributed by atoms with Crippen LogP contribution >= 0.6 is 0 Å². The van der Waals surface area contributed by atoms with Crippen molar-refractivity contribution in [2.45, 2.75) is 207 Å². The van der Waals surface area contributed by atoms with E-state index in [1.807, 2.05) is 0 Å². The molecule has 0 aromatic carbocycles. The number of rotatable bonds is 18. The largest absolute Gasteiger partial charge is 0.378 e. The highest BCUT2D eigenvalue weighted by Gasteiger charge is 2.38. The van der Waals surface area contributed by atoms with Gasteiger partial charge in [0.2, 0.25) is 0 Å². The minimum absolute atomic E-state index is 0.195. The minimum Gasteiger partial charge on any atom is -0.378 e. The zero-order valence-electron chi connectivity index (χ0n) is 28.6. The summed E-state index contributed by atoms with van der Waals surface area (Å²) in [6.45, 7) is 20.8. The predicted molar refractivity (Wildman–Crippen MR) is 175 cm³/mol. The number of nitrogens with zero attached hydrogens (tertiary/aromatic N) is 1. The van der Waals surface area contributed by atoms with Gasteiger partial charge in [0.05, 0.1) is 6.10 Å². The number of unbranched alkanes of at least 4 members (excludes halogenated alkanes) is 15. The Kier molecular flexibility index (Phi) is 18.8. The number of likely N-dealkylation sites (tertiary alicyclic amines) is 1. The second-order valence-electron chi connectivity index (χ2n) is 15.2. The molecule has 0 radical (unpaired) electrons. The van der Waals surface area contributed by atoms with Crippen molar-refractivity contribution in [2.75, 3.05) is 20.2 Å². The number of hydrogen-bond donors (Lipinski definition) is 1. The summed E-state index contributed by atoms with van der Waals surface area (Å²) in [5.74, 6) is 0.853. The van der Waals surface area contributed by atoms with Crippen LogP contribution in [-0.2, 0) is 4.74 Å². The third kappa shape index (κ3) is 17.4. The van der Waals surface area contributed by atoms with E-state index in [1.54, 1.807) is 0 Å². The van der Waals surface area contributed by atoms with Crippen LogP contribution in [0.2, 0.25) is 0 Å². The van der Waals surface area contributed by atoms with Crippen molar-refractivity contribution >= 4 is 0 Å². The second kappa shape index (κ2) is 19.9. The van der Waals surface area contributed by atoms with Crippen LogP contribution in [0.3, 0.4) is 0 Å². The summed E-state index contributed by atoms with van der Waals surface area (Å²) in [4.78, 5) is 2.47. The summed E-state index contributed by atoms with van der Waals surface area (Å²) in [6.07, 6.45) is 28.3. The van der Waals surface area contributed by atoms with Crippen LogP contribution < -0.4 is 5.32 Å². The molecule has 0 amide bonds. The summed E-state index contributed by atoms with van der Waals surface area (Å²) >= 11 is 0. The molecule has 0 spiro atoms. The van der Waals surface area contributed by atoms with Gasteiger partial charge >= 0.3 is 0 Å². The Balaban J connectivity index is 0.000000633. The predicted octanol–water partition coefficient (Wildman–Crippen LogP) is 10.7. The molecule has 3 nitrogen and oxygen atoms in total. The summed E-state index contributed by atoms with van der Waals surface area (Å²) < 4.78 is 6.23. The summed E-state index contributed by atoms with van der Waals surface area (Å²) in [7, 11) is 2.23. The van der Waals surface area contributed by atoms with E-state index in [0.29, 0.717) is 11.6 Å². The molecule has 2 rings (SSSR count). The van der Waals surface area contributed by atoms with E-state index in [0.717, 1.165) is 25.4 Å². The van der Waals surface area contributed by atoms with Crippen molar-refractivity contribution < 1.29 is 4.74 Å². The number of nitrogens with one attached hydrogen (secondary N) is 1. The van der Waals surface area contributed by atoms with Gasteiger partial charge in [0.15, 0.2) is 0 Å². The quantitative estimate of drug-likeness (QED) is 0.172. The summed E-state index contributed by atoms with van der Waals surface area (Å²) in [5.41, 5.74) is 0.820. The first-order valence-electron chi connectivity index (χ1n) is 17.5. The molecule has 234 valence electrons. The Hall–Kier alpha value is -0.120.